The Labute approximate surface area is 104 Å². The van der Waals surface area contributed by atoms with E-state index in [1.165, 1.54) is 16.9 Å². The van der Waals surface area contributed by atoms with Crippen molar-refractivity contribution in [1.29, 1.82) is 0 Å². The van der Waals surface area contributed by atoms with Gasteiger partial charge in [-0.1, -0.05) is 32.0 Å². The first-order valence-electron chi connectivity index (χ1n) is 6.10. The van der Waals surface area contributed by atoms with Crippen molar-refractivity contribution < 1.29 is 0 Å². The zero-order valence-corrected chi connectivity index (χ0v) is 11.6. The number of hydrogen-bond acceptors (Lipinski definition) is 2. The minimum atomic E-state index is 0.560. The predicted molar refractivity (Wildman–Crippen MR) is 74.3 cm³/mol. The first-order valence-corrected chi connectivity index (χ1v) is 6.98. The molecule has 0 aliphatic heterocycles. The molecule has 1 aromatic rings. The van der Waals surface area contributed by atoms with Crippen LogP contribution in [0.5, 0.6) is 0 Å². The van der Waals surface area contributed by atoms with E-state index >= 15 is 0 Å². The van der Waals surface area contributed by atoms with E-state index in [9.17, 15) is 0 Å². The topological polar surface area (TPSA) is 12.0 Å². The fourth-order valence-electron chi connectivity index (χ4n) is 1.53. The molecule has 0 aliphatic rings. The molecular weight excluding hydrogens is 214 g/mol. The monoisotopic (exact) mass is 237 g/mol. The van der Waals surface area contributed by atoms with Crippen molar-refractivity contribution in [3.05, 3.63) is 29.8 Å². The Kier molecular flexibility index (Phi) is 5.93. The summed E-state index contributed by atoms with van der Waals surface area (Å²) in [6, 6.07) is 9.17. The highest BCUT2D eigenvalue weighted by molar-refractivity contribution is 8.00. The van der Waals surface area contributed by atoms with Gasteiger partial charge in [-0.3, -0.25) is 0 Å². The summed E-state index contributed by atoms with van der Waals surface area (Å²) in [4.78, 5) is 1.40. The molecule has 0 radical (unpaired) electrons. The summed E-state index contributed by atoms with van der Waals surface area (Å²) < 4.78 is 0. The summed E-state index contributed by atoms with van der Waals surface area (Å²) >= 11 is 1.97. The van der Waals surface area contributed by atoms with E-state index in [2.05, 4.69) is 57.3 Å². The largest absolute Gasteiger partial charge is 0.313 e. The van der Waals surface area contributed by atoms with Gasteiger partial charge in [0.25, 0.3) is 0 Å². The second-order valence-corrected chi connectivity index (χ2v) is 5.75. The summed E-state index contributed by atoms with van der Waals surface area (Å²) in [6.45, 7) is 10.1. The Balaban J connectivity index is 2.50. The Morgan fingerprint density at radius 1 is 1.25 bits per heavy atom. The molecule has 1 rings (SSSR count). The molecule has 2 heteroatoms. The fraction of sp³-hybridized carbons (Fsp3) is 0.571. The van der Waals surface area contributed by atoms with Crippen LogP contribution in [0.25, 0.3) is 0 Å². The van der Waals surface area contributed by atoms with Crippen molar-refractivity contribution in [1.82, 2.24) is 5.32 Å². The maximum Gasteiger partial charge on any atom is 0.0217 e. The van der Waals surface area contributed by atoms with Crippen molar-refractivity contribution in [2.75, 3.05) is 6.54 Å². The van der Waals surface area contributed by atoms with Crippen LogP contribution in [0.2, 0.25) is 0 Å². The molecule has 0 aliphatic carbocycles. The molecule has 16 heavy (non-hydrogen) atoms. The van der Waals surface area contributed by atoms with Crippen LogP contribution in [0, 0.1) is 6.92 Å². The molecule has 0 saturated carbocycles. The van der Waals surface area contributed by atoms with Gasteiger partial charge < -0.3 is 5.32 Å². The Bertz CT molecular complexity index is 311. The zero-order chi connectivity index (χ0) is 12.0. The van der Waals surface area contributed by atoms with Crippen molar-refractivity contribution in [3.63, 3.8) is 0 Å². The smallest absolute Gasteiger partial charge is 0.0217 e. The van der Waals surface area contributed by atoms with E-state index in [1.54, 1.807) is 0 Å². The Morgan fingerprint density at radius 2 is 1.94 bits per heavy atom. The van der Waals surface area contributed by atoms with Gasteiger partial charge in [0.1, 0.15) is 0 Å². The molecule has 2 unspecified atom stereocenters. The van der Waals surface area contributed by atoms with Gasteiger partial charge in [-0.25, -0.2) is 0 Å². The lowest BCUT2D eigenvalue weighted by Gasteiger charge is -2.21. The first kappa shape index (κ1) is 13.6. The number of nitrogens with one attached hydrogen (secondary N) is 1. The second-order valence-electron chi connectivity index (χ2n) is 4.33. The van der Waals surface area contributed by atoms with E-state index < -0.39 is 0 Å². The van der Waals surface area contributed by atoms with Crippen LogP contribution in [0.1, 0.15) is 32.8 Å². The van der Waals surface area contributed by atoms with E-state index in [-0.39, 0.29) is 0 Å². The number of aryl methyl sites for hydroxylation is 1. The summed E-state index contributed by atoms with van der Waals surface area (Å²) in [7, 11) is 0. The quantitative estimate of drug-likeness (QED) is 0.754. The lowest BCUT2D eigenvalue weighted by Crippen LogP contribution is -2.34. The molecule has 90 valence electrons. The molecule has 0 amide bonds. The van der Waals surface area contributed by atoms with Gasteiger partial charge in [-0.05, 0) is 38.4 Å². The predicted octanol–water partition coefficient (Wildman–Crippen LogP) is 3.86. The normalized spacial score (nSPS) is 14.8. The van der Waals surface area contributed by atoms with Crippen molar-refractivity contribution in [2.24, 2.45) is 0 Å². The SMILES string of the molecule is CCCNC(C)C(C)Sc1ccccc1C. The second kappa shape index (κ2) is 6.97. The number of thioether (sulfide) groups is 1. The summed E-state index contributed by atoms with van der Waals surface area (Å²) in [6.07, 6.45) is 1.20. The van der Waals surface area contributed by atoms with E-state index in [0.717, 1.165) is 6.54 Å². The molecule has 0 heterocycles. The molecule has 0 fully saturated rings. The highest BCUT2D eigenvalue weighted by atomic mass is 32.2. The molecule has 2 atom stereocenters. The third-order valence-corrected chi connectivity index (χ3v) is 4.32. The van der Waals surface area contributed by atoms with Gasteiger partial charge in [0.15, 0.2) is 0 Å². The fourth-order valence-corrected chi connectivity index (χ4v) is 2.64. The molecule has 1 N–H and O–H groups in total. The van der Waals surface area contributed by atoms with Gasteiger partial charge in [0.2, 0.25) is 0 Å². The van der Waals surface area contributed by atoms with Crippen LogP contribution in [-0.2, 0) is 0 Å². The maximum absolute atomic E-state index is 3.55. The van der Waals surface area contributed by atoms with Crippen LogP contribution in [0.3, 0.4) is 0 Å². The van der Waals surface area contributed by atoms with Crippen LogP contribution >= 0.6 is 11.8 Å². The standard InChI is InChI=1S/C14H23NS/c1-5-10-15-12(3)13(4)16-14-9-7-6-8-11(14)2/h6-9,12-13,15H,5,10H2,1-4H3. The highest BCUT2D eigenvalue weighted by Gasteiger charge is 2.13. The van der Waals surface area contributed by atoms with Crippen molar-refractivity contribution in [2.45, 2.75) is 50.3 Å². The van der Waals surface area contributed by atoms with Crippen molar-refractivity contribution >= 4 is 11.8 Å². The molecule has 0 spiro atoms. The third kappa shape index (κ3) is 4.18. The Hall–Kier alpha value is -0.470. The lowest BCUT2D eigenvalue weighted by molar-refractivity contribution is 0.542. The maximum atomic E-state index is 3.55. The zero-order valence-electron chi connectivity index (χ0n) is 10.8. The van der Waals surface area contributed by atoms with E-state index in [1.807, 2.05) is 11.8 Å². The molecule has 0 bridgehead atoms. The number of hydrogen-bond donors (Lipinski definition) is 1. The average Bonchev–Trinajstić information content (AvgIpc) is 2.28. The van der Waals surface area contributed by atoms with Crippen LogP contribution < -0.4 is 5.32 Å². The molecule has 1 nitrogen and oxygen atoms in total. The lowest BCUT2D eigenvalue weighted by atomic mass is 10.2. The van der Waals surface area contributed by atoms with Gasteiger partial charge in [-0.15, -0.1) is 11.8 Å². The summed E-state index contributed by atoms with van der Waals surface area (Å²) in [5.41, 5.74) is 1.38. The number of rotatable bonds is 6. The van der Waals surface area contributed by atoms with Crippen LogP contribution in [0.4, 0.5) is 0 Å². The number of benzene rings is 1. The van der Waals surface area contributed by atoms with Gasteiger partial charge in [0.05, 0.1) is 0 Å². The summed E-state index contributed by atoms with van der Waals surface area (Å²) in [5.74, 6) is 0. The van der Waals surface area contributed by atoms with Crippen LogP contribution in [0.15, 0.2) is 29.2 Å². The summed E-state index contributed by atoms with van der Waals surface area (Å²) in [5, 5.41) is 4.16. The first-order chi connectivity index (χ1) is 7.65. The van der Waals surface area contributed by atoms with Crippen LogP contribution in [-0.4, -0.2) is 17.8 Å². The molecule has 0 aromatic heterocycles. The third-order valence-electron chi connectivity index (χ3n) is 2.83. The van der Waals surface area contributed by atoms with Crippen molar-refractivity contribution in [3.8, 4) is 0 Å². The minimum absolute atomic E-state index is 0.560. The van der Waals surface area contributed by atoms with E-state index in [0.29, 0.717) is 11.3 Å². The molecular formula is C14H23NS. The molecule has 0 saturated heterocycles. The van der Waals surface area contributed by atoms with Gasteiger partial charge in [-0.2, -0.15) is 0 Å². The highest BCUT2D eigenvalue weighted by Crippen LogP contribution is 2.27. The van der Waals surface area contributed by atoms with Gasteiger partial charge >= 0.3 is 0 Å². The average molecular weight is 237 g/mol. The molecule has 1 aromatic carbocycles. The van der Waals surface area contributed by atoms with Gasteiger partial charge in [0, 0.05) is 16.2 Å². The van der Waals surface area contributed by atoms with E-state index in [4.69, 9.17) is 0 Å². The Morgan fingerprint density at radius 3 is 2.56 bits per heavy atom. The minimum Gasteiger partial charge on any atom is -0.313 e.